The van der Waals surface area contributed by atoms with Gasteiger partial charge in [0, 0.05) is 24.9 Å². The van der Waals surface area contributed by atoms with E-state index in [0.29, 0.717) is 5.75 Å². The highest BCUT2D eigenvalue weighted by molar-refractivity contribution is 7.92. The third-order valence-corrected chi connectivity index (χ3v) is 6.84. The molecule has 0 bridgehead atoms. The molecule has 1 atom stereocenters. The second kappa shape index (κ2) is 9.44. The molecule has 9 nitrogen and oxygen atoms in total. The van der Waals surface area contributed by atoms with Crippen LogP contribution in [0, 0.1) is 0 Å². The minimum atomic E-state index is -3.91. The van der Waals surface area contributed by atoms with Crippen LogP contribution >= 0.6 is 0 Å². The fourth-order valence-electron chi connectivity index (χ4n) is 2.52. The van der Waals surface area contributed by atoms with Crippen molar-refractivity contribution in [2.75, 3.05) is 32.7 Å². The lowest BCUT2D eigenvalue weighted by Crippen LogP contribution is -2.35. The van der Waals surface area contributed by atoms with E-state index in [1.807, 2.05) is 0 Å². The first-order valence-electron chi connectivity index (χ1n) is 8.49. The molecule has 0 saturated heterocycles. The highest BCUT2D eigenvalue weighted by Crippen LogP contribution is 2.30. The molecule has 2 aromatic rings. The van der Waals surface area contributed by atoms with E-state index in [4.69, 9.17) is 14.2 Å². The van der Waals surface area contributed by atoms with Crippen LogP contribution in [-0.4, -0.2) is 50.8 Å². The van der Waals surface area contributed by atoms with Crippen LogP contribution in [0.15, 0.2) is 52.3 Å². The largest absolute Gasteiger partial charge is 0.493 e. The van der Waals surface area contributed by atoms with Crippen molar-refractivity contribution in [3.05, 3.63) is 42.5 Å². The third kappa shape index (κ3) is 5.82. The van der Waals surface area contributed by atoms with Crippen molar-refractivity contribution in [2.24, 2.45) is 0 Å². The van der Waals surface area contributed by atoms with Gasteiger partial charge < -0.3 is 14.2 Å². The molecule has 0 aliphatic heterocycles. The Bertz CT molecular complexity index is 1040. The predicted octanol–water partition coefficient (Wildman–Crippen LogP) is 1.82. The summed E-state index contributed by atoms with van der Waals surface area (Å²) in [6.07, 6.45) is 0. The molecule has 2 aromatic carbocycles. The van der Waals surface area contributed by atoms with Gasteiger partial charge in [0.25, 0.3) is 10.0 Å². The van der Waals surface area contributed by atoms with Gasteiger partial charge in [-0.1, -0.05) is 0 Å². The number of sulfonamides is 2. The van der Waals surface area contributed by atoms with E-state index >= 15 is 0 Å². The molecule has 11 heteroatoms. The molecule has 0 aromatic heterocycles. The Morgan fingerprint density at radius 2 is 1.41 bits per heavy atom. The van der Waals surface area contributed by atoms with Crippen molar-refractivity contribution in [2.45, 2.75) is 22.8 Å². The van der Waals surface area contributed by atoms with Crippen LogP contribution in [0.4, 0.5) is 5.69 Å². The van der Waals surface area contributed by atoms with Crippen LogP contribution in [0.5, 0.6) is 11.5 Å². The SMILES string of the molecule is COC[C@H](C)NS(=O)(=O)c1ccc(NS(=O)(=O)c2ccc(OC)c(OC)c2)cc1. The Morgan fingerprint density at radius 3 is 1.97 bits per heavy atom. The fraction of sp³-hybridized carbons (Fsp3) is 0.333. The molecule has 0 amide bonds. The minimum absolute atomic E-state index is 0.00881. The summed E-state index contributed by atoms with van der Waals surface area (Å²) in [7, 11) is -3.33. The van der Waals surface area contributed by atoms with Gasteiger partial charge in [-0.2, -0.15) is 0 Å². The molecular formula is C18H24N2O7S2. The van der Waals surface area contributed by atoms with E-state index < -0.39 is 26.1 Å². The monoisotopic (exact) mass is 444 g/mol. The van der Waals surface area contributed by atoms with Gasteiger partial charge in [0.05, 0.1) is 30.6 Å². The zero-order chi connectivity index (χ0) is 21.7. The van der Waals surface area contributed by atoms with Gasteiger partial charge in [-0.3, -0.25) is 4.72 Å². The number of anilines is 1. The van der Waals surface area contributed by atoms with Crippen molar-refractivity contribution < 1.29 is 31.0 Å². The van der Waals surface area contributed by atoms with Crippen molar-refractivity contribution >= 4 is 25.7 Å². The highest BCUT2D eigenvalue weighted by Gasteiger charge is 2.19. The van der Waals surface area contributed by atoms with Crippen molar-refractivity contribution in [3.63, 3.8) is 0 Å². The van der Waals surface area contributed by atoms with Gasteiger partial charge in [-0.15, -0.1) is 0 Å². The number of benzene rings is 2. The van der Waals surface area contributed by atoms with Crippen molar-refractivity contribution in [1.82, 2.24) is 4.72 Å². The lowest BCUT2D eigenvalue weighted by Gasteiger charge is -2.14. The summed E-state index contributed by atoms with van der Waals surface area (Å²) >= 11 is 0. The summed E-state index contributed by atoms with van der Waals surface area (Å²) in [5.41, 5.74) is 0.212. The van der Waals surface area contributed by atoms with Crippen LogP contribution in [0.1, 0.15) is 6.92 Å². The number of hydrogen-bond donors (Lipinski definition) is 2. The average molecular weight is 445 g/mol. The number of ether oxygens (including phenoxy) is 3. The van der Waals surface area contributed by atoms with Crippen molar-refractivity contribution in [1.29, 1.82) is 0 Å². The maximum Gasteiger partial charge on any atom is 0.262 e. The van der Waals surface area contributed by atoms with Gasteiger partial charge in [-0.05, 0) is 43.3 Å². The molecule has 29 heavy (non-hydrogen) atoms. The van der Waals surface area contributed by atoms with Crippen molar-refractivity contribution in [3.8, 4) is 11.5 Å². The molecule has 0 saturated carbocycles. The Hall–Kier alpha value is -2.34. The second-order valence-corrected chi connectivity index (χ2v) is 9.52. The molecule has 0 spiro atoms. The Morgan fingerprint density at radius 1 is 0.828 bits per heavy atom. The molecule has 160 valence electrons. The molecule has 2 N–H and O–H groups in total. The molecule has 0 heterocycles. The topological polar surface area (TPSA) is 120 Å². The van der Waals surface area contributed by atoms with E-state index in [1.54, 1.807) is 6.92 Å². The molecule has 0 aliphatic carbocycles. The van der Waals surface area contributed by atoms with Crippen LogP contribution in [0.2, 0.25) is 0 Å². The normalized spacial score (nSPS) is 13.0. The number of nitrogens with one attached hydrogen (secondary N) is 2. The number of rotatable bonds is 10. The quantitative estimate of drug-likeness (QED) is 0.573. The summed E-state index contributed by atoms with van der Waals surface area (Å²) in [5.74, 6) is 0.671. The molecule has 0 aliphatic rings. The zero-order valence-corrected chi connectivity index (χ0v) is 18.1. The van der Waals surface area contributed by atoms with E-state index in [9.17, 15) is 16.8 Å². The smallest absolute Gasteiger partial charge is 0.262 e. The van der Waals surface area contributed by atoms with Crippen LogP contribution < -0.4 is 18.9 Å². The lowest BCUT2D eigenvalue weighted by atomic mass is 10.3. The highest BCUT2D eigenvalue weighted by atomic mass is 32.2. The molecule has 0 radical (unpaired) electrons. The van der Waals surface area contributed by atoms with Gasteiger partial charge in [0.2, 0.25) is 10.0 Å². The fourth-order valence-corrected chi connectivity index (χ4v) is 4.82. The Kier molecular flexibility index (Phi) is 7.47. The first-order valence-corrected chi connectivity index (χ1v) is 11.5. The first kappa shape index (κ1) is 22.9. The summed E-state index contributed by atoms with van der Waals surface area (Å²) in [6, 6.07) is 9.15. The molecular weight excluding hydrogens is 420 g/mol. The maximum absolute atomic E-state index is 12.6. The lowest BCUT2D eigenvalue weighted by molar-refractivity contribution is 0.180. The average Bonchev–Trinajstić information content (AvgIpc) is 2.67. The third-order valence-electron chi connectivity index (χ3n) is 3.86. The summed E-state index contributed by atoms with van der Waals surface area (Å²) < 4.78 is 69.9. The number of hydrogen-bond acceptors (Lipinski definition) is 7. The molecule has 0 fully saturated rings. The maximum atomic E-state index is 12.6. The van der Waals surface area contributed by atoms with Gasteiger partial charge in [0.1, 0.15) is 0 Å². The summed E-state index contributed by atoms with van der Waals surface area (Å²) in [6.45, 7) is 1.90. The summed E-state index contributed by atoms with van der Waals surface area (Å²) in [4.78, 5) is -0.0172. The minimum Gasteiger partial charge on any atom is -0.493 e. The second-order valence-electron chi connectivity index (χ2n) is 6.12. The zero-order valence-electron chi connectivity index (χ0n) is 16.5. The van der Waals surface area contributed by atoms with Crippen LogP contribution in [0.3, 0.4) is 0 Å². The van der Waals surface area contributed by atoms with E-state index in [2.05, 4.69) is 9.44 Å². The van der Waals surface area contributed by atoms with E-state index in [0.717, 1.165) is 0 Å². The van der Waals surface area contributed by atoms with Crippen LogP contribution in [0.25, 0.3) is 0 Å². The standard InChI is InChI=1S/C18H24N2O7S2/c1-13(12-25-2)19-28(21,22)15-7-5-14(6-8-15)20-29(23,24)16-9-10-17(26-3)18(11-16)27-4/h5-11,13,19-20H,12H2,1-4H3/t13-/m0/s1. The Labute approximate surface area is 171 Å². The van der Waals surface area contributed by atoms with E-state index in [1.165, 1.54) is 63.8 Å². The molecule has 2 rings (SSSR count). The van der Waals surface area contributed by atoms with Gasteiger partial charge >= 0.3 is 0 Å². The Balaban J connectivity index is 2.20. The number of methoxy groups -OCH3 is 3. The van der Waals surface area contributed by atoms with Crippen LogP contribution in [-0.2, 0) is 24.8 Å². The summed E-state index contributed by atoms with van der Waals surface area (Å²) in [5, 5.41) is 0. The van der Waals surface area contributed by atoms with Gasteiger partial charge in [-0.25, -0.2) is 21.6 Å². The first-order chi connectivity index (χ1) is 13.6. The predicted molar refractivity (Wildman–Crippen MR) is 108 cm³/mol. The van der Waals surface area contributed by atoms with E-state index in [-0.39, 0.29) is 27.8 Å². The molecule has 0 unspecified atom stereocenters. The van der Waals surface area contributed by atoms with Gasteiger partial charge in [0.15, 0.2) is 11.5 Å².